The van der Waals surface area contributed by atoms with Gasteiger partial charge in [-0.15, -0.1) is 11.3 Å². The molecule has 0 atom stereocenters. The number of rotatable bonds is 3. The first-order valence-corrected chi connectivity index (χ1v) is 7.73. The molecule has 5 N–H and O–H groups in total. The highest BCUT2D eigenvalue weighted by atomic mass is 32.1. The van der Waals surface area contributed by atoms with Crippen LogP contribution in [0.25, 0.3) is 0 Å². The number of thiophene rings is 1. The van der Waals surface area contributed by atoms with Crippen molar-refractivity contribution in [1.82, 2.24) is 16.0 Å². The molecule has 0 aromatic carbocycles. The SMILES string of the molecule is CNC(=O)c1sc(N2CCCNCC2)c(C(=O)NC)c1N. The molecule has 7 nitrogen and oxygen atoms in total. The highest BCUT2D eigenvalue weighted by molar-refractivity contribution is 7.19. The Morgan fingerprint density at radius 2 is 1.90 bits per heavy atom. The second kappa shape index (κ2) is 6.77. The fourth-order valence-corrected chi connectivity index (χ4v) is 3.55. The smallest absolute Gasteiger partial charge is 0.263 e. The first kappa shape index (κ1) is 15.6. The minimum Gasteiger partial charge on any atom is -0.397 e. The van der Waals surface area contributed by atoms with Crippen LogP contribution in [0.1, 0.15) is 26.5 Å². The third-order valence-corrected chi connectivity index (χ3v) is 4.71. The zero-order valence-corrected chi connectivity index (χ0v) is 13.1. The van der Waals surface area contributed by atoms with Gasteiger partial charge in [0.2, 0.25) is 0 Å². The monoisotopic (exact) mass is 311 g/mol. The van der Waals surface area contributed by atoms with Crippen molar-refractivity contribution in [2.45, 2.75) is 6.42 Å². The van der Waals surface area contributed by atoms with Crippen molar-refractivity contribution >= 4 is 33.8 Å². The normalized spacial score (nSPS) is 15.4. The molecule has 116 valence electrons. The average Bonchev–Trinajstić information content (AvgIpc) is 2.69. The Hall–Kier alpha value is -1.80. The molecule has 2 heterocycles. The van der Waals surface area contributed by atoms with Gasteiger partial charge < -0.3 is 26.6 Å². The highest BCUT2D eigenvalue weighted by Gasteiger charge is 2.27. The van der Waals surface area contributed by atoms with Crippen LogP contribution in [0.2, 0.25) is 0 Å². The molecule has 1 aromatic heterocycles. The number of nitrogens with zero attached hydrogens (tertiary/aromatic N) is 1. The van der Waals surface area contributed by atoms with E-state index in [0.717, 1.165) is 37.6 Å². The first-order valence-electron chi connectivity index (χ1n) is 6.92. The third-order valence-electron chi connectivity index (χ3n) is 3.44. The topological polar surface area (TPSA) is 99.5 Å². The van der Waals surface area contributed by atoms with E-state index in [1.807, 2.05) is 0 Å². The number of nitrogens with one attached hydrogen (secondary N) is 3. The Morgan fingerprint density at radius 3 is 2.57 bits per heavy atom. The Bertz CT molecular complexity index is 535. The molecular weight excluding hydrogens is 290 g/mol. The molecular formula is C13H21N5O2S. The van der Waals surface area contributed by atoms with Crippen LogP contribution in [0.5, 0.6) is 0 Å². The molecule has 1 aromatic rings. The van der Waals surface area contributed by atoms with E-state index in [1.165, 1.54) is 11.3 Å². The maximum atomic E-state index is 12.1. The summed E-state index contributed by atoms with van der Waals surface area (Å²) in [6, 6.07) is 0. The fourth-order valence-electron chi connectivity index (χ4n) is 2.33. The molecule has 0 aliphatic carbocycles. The van der Waals surface area contributed by atoms with Crippen molar-refractivity contribution in [3.05, 3.63) is 10.4 Å². The lowest BCUT2D eigenvalue weighted by Crippen LogP contribution is -2.30. The largest absolute Gasteiger partial charge is 0.397 e. The lowest BCUT2D eigenvalue weighted by Gasteiger charge is -2.21. The van der Waals surface area contributed by atoms with E-state index >= 15 is 0 Å². The summed E-state index contributed by atoms with van der Waals surface area (Å²) >= 11 is 1.28. The van der Waals surface area contributed by atoms with Gasteiger partial charge in [-0.05, 0) is 13.0 Å². The Morgan fingerprint density at radius 1 is 1.19 bits per heavy atom. The number of carbonyl (C=O) groups excluding carboxylic acids is 2. The Labute approximate surface area is 127 Å². The van der Waals surface area contributed by atoms with Crippen LogP contribution in [0.15, 0.2) is 0 Å². The number of nitrogen functional groups attached to an aromatic ring is 1. The third kappa shape index (κ3) is 3.11. The zero-order chi connectivity index (χ0) is 15.4. The van der Waals surface area contributed by atoms with E-state index < -0.39 is 0 Å². The number of nitrogens with two attached hydrogens (primary N) is 1. The number of hydrogen-bond acceptors (Lipinski definition) is 6. The van der Waals surface area contributed by atoms with E-state index in [4.69, 9.17) is 5.73 Å². The molecule has 0 bridgehead atoms. The van der Waals surface area contributed by atoms with Crippen LogP contribution in [0.4, 0.5) is 10.7 Å². The van der Waals surface area contributed by atoms with Crippen LogP contribution >= 0.6 is 11.3 Å². The summed E-state index contributed by atoms with van der Waals surface area (Å²) in [6.45, 7) is 3.43. The molecule has 1 fully saturated rings. The van der Waals surface area contributed by atoms with Crippen LogP contribution in [0.3, 0.4) is 0 Å². The van der Waals surface area contributed by atoms with Gasteiger partial charge in [0.1, 0.15) is 9.88 Å². The summed E-state index contributed by atoms with van der Waals surface area (Å²) < 4.78 is 0. The molecule has 2 amide bonds. The van der Waals surface area contributed by atoms with Gasteiger partial charge in [0.15, 0.2) is 0 Å². The highest BCUT2D eigenvalue weighted by Crippen LogP contribution is 2.38. The maximum Gasteiger partial charge on any atom is 0.263 e. The van der Waals surface area contributed by atoms with Crippen molar-refractivity contribution in [2.75, 3.05) is 50.9 Å². The molecule has 1 aliphatic heterocycles. The van der Waals surface area contributed by atoms with E-state index in [0.29, 0.717) is 10.4 Å². The summed E-state index contributed by atoms with van der Waals surface area (Å²) in [4.78, 5) is 26.6. The summed E-state index contributed by atoms with van der Waals surface area (Å²) in [5.74, 6) is -0.520. The minimum absolute atomic E-state index is 0.255. The summed E-state index contributed by atoms with van der Waals surface area (Å²) in [5.41, 5.74) is 6.71. The van der Waals surface area contributed by atoms with Gasteiger partial charge in [-0.1, -0.05) is 0 Å². The van der Waals surface area contributed by atoms with Crippen molar-refractivity contribution in [1.29, 1.82) is 0 Å². The summed E-state index contributed by atoms with van der Waals surface area (Å²) in [6.07, 6.45) is 0.986. The second-order valence-corrected chi connectivity index (χ2v) is 5.77. The first-order chi connectivity index (χ1) is 10.1. The van der Waals surface area contributed by atoms with Gasteiger partial charge in [0, 0.05) is 33.7 Å². The second-order valence-electron chi connectivity index (χ2n) is 4.77. The minimum atomic E-state index is -0.262. The summed E-state index contributed by atoms with van der Waals surface area (Å²) in [5, 5.41) is 9.25. The summed E-state index contributed by atoms with van der Waals surface area (Å²) in [7, 11) is 3.11. The van der Waals surface area contributed by atoms with Crippen LogP contribution < -0.4 is 26.6 Å². The quantitative estimate of drug-likeness (QED) is 0.622. The van der Waals surface area contributed by atoms with E-state index in [-0.39, 0.29) is 17.5 Å². The molecule has 0 saturated carbocycles. The van der Waals surface area contributed by atoms with Crippen molar-refractivity contribution in [3.8, 4) is 0 Å². The number of anilines is 2. The molecule has 0 radical (unpaired) electrons. The van der Waals surface area contributed by atoms with Gasteiger partial charge >= 0.3 is 0 Å². The standard InChI is InChI=1S/C13H21N5O2S/c1-15-11(19)8-9(14)10(12(20)16-2)21-13(8)18-6-3-4-17-5-7-18/h17H,3-7,14H2,1-2H3,(H,15,19)(H,16,20). The predicted octanol–water partition coefficient (Wildman–Crippen LogP) is -0.151. The maximum absolute atomic E-state index is 12.1. The molecule has 21 heavy (non-hydrogen) atoms. The van der Waals surface area contributed by atoms with Gasteiger partial charge in [0.05, 0.1) is 11.3 Å². The van der Waals surface area contributed by atoms with Crippen LogP contribution in [-0.2, 0) is 0 Å². The molecule has 0 spiro atoms. The van der Waals surface area contributed by atoms with Gasteiger partial charge in [0.25, 0.3) is 11.8 Å². The van der Waals surface area contributed by atoms with E-state index in [2.05, 4.69) is 20.9 Å². The average molecular weight is 311 g/mol. The number of amides is 2. The molecule has 1 aliphatic rings. The van der Waals surface area contributed by atoms with Gasteiger partial charge in [-0.3, -0.25) is 9.59 Å². The predicted molar refractivity (Wildman–Crippen MR) is 85.2 cm³/mol. The van der Waals surface area contributed by atoms with E-state index in [9.17, 15) is 9.59 Å². The molecule has 2 rings (SSSR count). The van der Waals surface area contributed by atoms with Crippen LogP contribution in [0, 0.1) is 0 Å². The molecule has 8 heteroatoms. The Kier molecular flexibility index (Phi) is 5.03. The number of carbonyl (C=O) groups is 2. The lowest BCUT2D eigenvalue weighted by molar-refractivity contribution is 0.0963. The van der Waals surface area contributed by atoms with E-state index in [1.54, 1.807) is 14.1 Å². The number of hydrogen-bond donors (Lipinski definition) is 4. The Balaban J connectivity index is 2.46. The van der Waals surface area contributed by atoms with Crippen molar-refractivity contribution < 1.29 is 9.59 Å². The fraction of sp³-hybridized carbons (Fsp3) is 0.538. The molecule has 0 unspecified atom stereocenters. The van der Waals surface area contributed by atoms with Gasteiger partial charge in [-0.25, -0.2) is 0 Å². The lowest BCUT2D eigenvalue weighted by atomic mass is 10.2. The molecule has 1 saturated heterocycles. The zero-order valence-electron chi connectivity index (χ0n) is 12.3. The van der Waals surface area contributed by atoms with Crippen molar-refractivity contribution in [2.24, 2.45) is 0 Å². The van der Waals surface area contributed by atoms with Crippen LogP contribution in [-0.4, -0.2) is 52.1 Å². The van der Waals surface area contributed by atoms with Gasteiger partial charge in [-0.2, -0.15) is 0 Å². The van der Waals surface area contributed by atoms with Crippen molar-refractivity contribution in [3.63, 3.8) is 0 Å².